The summed E-state index contributed by atoms with van der Waals surface area (Å²) in [6.07, 6.45) is 0. The summed E-state index contributed by atoms with van der Waals surface area (Å²) in [5.74, 6) is 0.714. The second-order valence-electron chi connectivity index (χ2n) is 6.56. The molecule has 0 radical (unpaired) electrons. The lowest BCUT2D eigenvalue weighted by molar-refractivity contribution is 0.0747. The van der Waals surface area contributed by atoms with Crippen molar-refractivity contribution in [3.05, 3.63) is 63.9 Å². The third-order valence-corrected chi connectivity index (χ3v) is 5.56. The summed E-state index contributed by atoms with van der Waals surface area (Å²) in [6, 6.07) is 12.9. The molecule has 7 nitrogen and oxygen atoms in total. The van der Waals surface area contributed by atoms with Gasteiger partial charge in [0.2, 0.25) is 0 Å². The zero-order valence-electron chi connectivity index (χ0n) is 15.2. The highest BCUT2D eigenvalue weighted by Crippen LogP contribution is 2.28. The maximum absolute atomic E-state index is 12.8. The first-order valence-electron chi connectivity index (χ1n) is 8.87. The van der Waals surface area contributed by atoms with Crippen LogP contribution in [0.25, 0.3) is 5.69 Å². The van der Waals surface area contributed by atoms with Crippen molar-refractivity contribution in [3.63, 3.8) is 0 Å². The molecule has 1 amide bonds. The second-order valence-corrected chi connectivity index (χ2v) is 7.38. The van der Waals surface area contributed by atoms with Gasteiger partial charge in [0, 0.05) is 37.4 Å². The van der Waals surface area contributed by atoms with Gasteiger partial charge < -0.3 is 9.80 Å². The first-order chi connectivity index (χ1) is 13.5. The van der Waals surface area contributed by atoms with E-state index in [1.54, 1.807) is 10.7 Å². The predicted octanol–water partition coefficient (Wildman–Crippen LogP) is 3.24. The number of amides is 1. The minimum atomic E-state index is 0.0220. The molecule has 1 aromatic heterocycles. The number of anilines is 1. The molecule has 1 aliphatic rings. The molecule has 0 spiro atoms. The first kappa shape index (κ1) is 18.7. The van der Waals surface area contributed by atoms with Crippen LogP contribution in [0.5, 0.6) is 0 Å². The third-order valence-electron chi connectivity index (χ3n) is 4.82. The van der Waals surface area contributed by atoms with Crippen molar-refractivity contribution in [1.29, 1.82) is 0 Å². The molecule has 0 N–H and O–H groups in total. The van der Waals surface area contributed by atoms with Crippen molar-refractivity contribution in [2.45, 2.75) is 6.92 Å². The Morgan fingerprint density at radius 3 is 2.21 bits per heavy atom. The molecular weight excluding hydrogens is 399 g/mol. The van der Waals surface area contributed by atoms with Crippen LogP contribution in [0.3, 0.4) is 0 Å². The lowest BCUT2D eigenvalue weighted by Crippen LogP contribution is -2.48. The fraction of sp³-hybridized carbons (Fsp3) is 0.263. The Morgan fingerprint density at radius 2 is 1.61 bits per heavy atom. The molecule has 1 fully saturated rings. The molecule has 0 unspecified atom stereocenters. The number of nitrogens with zero attached hydrogens (tertiary/aromatic N) is 6. The molecule has 0 atom stereocenters. The quantitative estimate of drug-likeness (QED) is 0.655. The maximum Gasteiger partial charge on any atom is 0.253 e. The lowest BCUT2D eigenvalue weighted by Gasteiger charge is -2.36. The molecule has 3 aromatic rings. The van der Waals surface area contributed by atoms with Gasteiger partial charge >= 0.3 is 0 Å². The van der Waals surface area contributed by atoms with Gasteiger partial charge in [0.15, 0.2) is 5.82 Å². The van der Waals surface area contributed by atoms with Crippen molar-refractivity contribution < 1.29 is 4.79 Å². The topological polar surface area (TPSA) is 67.2 Å². The Bertz CT molecular complexity index is 996. The highest BCUT2D eigenvalue weighted by Gasteiger charge is 2.22. The van der Waals surface area contributed by atoms with E-state index in [-0.39, 0.29) is 5.91 Å². The molecule has 2 heterocycles. The fourth-order valence-corrected chi connectivity index (χ4v) is 3.54. The number of piperazine rings is 1. The van der Waals surface area contributed by atoms with E-state index < -0.39 is 0 Å². The number of tetrazole rings is 1. The van der Waals surface area contributed by atoms with Crippen LogP contribution in [0.2, 0.25) is 10.0 Å². The van der Waals surface area contributed by atoms with Gasteiger partial charge in [0.05, 0.1) is 15.7 Å². The summed E-state index contributed by atoms with van der Waals surface area (Å²) in [5, 5.41) is 12.5. The van der Waals surface area contributed by atoms with Crippen LogP contribution < -0.4 is 4.90 Å². The average Bonchev–Trinajstić information content (AvgIpc) is 3.16. The molecule has 0 saturated carbocycles. The zero-order chi connectivity index (χ0) is 19.7. The maximum atomic E-state index is 12.8. The Balaban J connectivity index is 1.41. The number of benzene rings is 2. The van der Waals surface area contributed by atoms with E-state index in [2.05, 4.69) is 20.4 Å². The Labute approximate surface area is 172 Å². The molecule has 4 rings (SSSR count). The van der Waals surface area contributed by atoms with E-state index in [9.17, 15) is 4.79 Å². The van der Waals surface area contributed by atoms with Crippen LogP contribution in [0.1, 0.15) is 16.2 Å². The number of halogens is 2. The monoisotopic (exact) mass is 416 g/mol. The number of carbonyl (C=O) groups is 1. The Kier molecular flexibility index (Phi) is 5.19. The molecule has 0 bridgehead atoms. The summed E-state index contributed by atoms with van der Waals surface area (Å²) in [7, 11) is 0. The minimum Gasteiger partial charge on any atom is -0.368 e. The van der Waals surface area contributed by atoms with Crippen LogP contribution in [0.15, 0.2) is 42.5 Å². The summed E-state index contributed by atoms with van der Waals surface area (Å²) in [4.78, 5) is 16.9. The molecule has 2 aromatic carbocycles. The number of aromatic nitrogens is 4. The second kappa shape index (κ2) is 7.77. The third kappa shape index (κ3) is 3.68. The van der Waals surface area contributed by atoms with E-state index in [0.717, 1.165) is 24.5 Å². The number of hydrogen-bond acceptors (Lipinski definition) is 5. The molecular formula is C19H18Cl2N6O. The van der Waals surface area contributed by atoms with Crippen molar-refractivity contribution >= 4 is 34.8 Å². The van der Waals surface area contributed by atoms with Gasteiger partial charge in [-0.3, -0.25) is 4.79 Å². The highest BCUT2D eigenvalue weighted by molar-refractivity contribution is 6.42. The van der Waals surface area contributed by atoms with Crippen molar-refractivity contribution in [2.24, 2.45) is 0 Å². The average molecular weight is 417 g/mol. The largest absolute Gasteiger partial charge is 0.368 e. The van der Waals surface area contributed by atoms with Gasteiger partial charge in [0.25, 0.3) is 5.91 Å². The summed E-state index contributed by atoms with van der Waals surface area (Å²) in [6.45, 7) is 4.60. The van der Waals surface area contributed by atoms with Gasteiger partial charge in [-0.05, 0) is 59.8 Å². The SMILES string of the molecule is Cc1nnnn1-c1ccc(C(=O)N2CCN(c3ccc(Cl)c(Cl)c3)CC2)cc1. The van der Waals surface area contributed by atoms with Crippen LogP contribution in [-0.2, 0) is 0 Å². The van der Waals surface area contributed by atoms with E-state index >= 15 is 0 Å². The first-order valence-corrected chi connectivity index (χ1v) is 9.63. The van der Waals surface area contributed by atoms with Gasteiger partial charge in [-0.2, -0.15) is 4.68 Å². The van der Waals surface area contributed by atoms with E-state index in [1.165, 1.54) is 0 Å². The minimum absolute atomic E-state index is 0.0220. The predicted molar refractivity (Wildman–Crippen MR) is 108 cm³/mol. The fourth-order valence-electron chi connectivity index (χ4n) is 3.25. The summed E-state index contributed by atoms with van der Waals surface area (Å²) < 4.78 is 1.63. The van der Waals surface area contributed by atoms with Gasteiger partial charge in [-0.1, -0.05) is 23.2 Å². The van der Waals surface area contributed by atoms with Gasteiger partial charge in [-0.15, -0.1) is 5.10 Å². The highest BCUT2D eigenvalue weighted by atomic mass is 35.5. The number of carbonyl (C=O) groups excluding carboxylic acids is 1. The molecule has 1 saturated heterocycles. The van der Waals surface area contributed by atoms with E-state index in [4.69, 9.17) is 23.2 Å². The number of aryl methyl sites for hydroxylation is 1. The van der Waals surface area contributed by atoms with Crippen molar-refractivity contribution in [2.75, 3.05) is 31.1 Å². The standard InChI is InChI=1S/C19H18Cl2N6O/c1-13-22-23-24-27(13)15-4-2-14(3-5-15)19(28)26-10-8-25(9-11-26)16-6-7-17(20)18(21)12-16/h2-7,12H,8-11H2,1H3. The molecule has 28 heavy (non-hydrogen) atoms. The normalized spacial score (nSPS) is 14.4. The van der Waals surface area contributed by atoms with Crippen LogP contribution in [-0.4, -0.2) is 57.2 Å². The smallest absolute Gasteiger partial charge is 0.253 e. The van der Waals surface area contributed by atoms with E-state index in [1.807, 2.05) is 48.2 Å². The lowest BCUT2D eigenvalue weighted by atomic mass is 10.1. The van der Waals surface area contributed by atoms with Crippen LogP contribution in [0, 0.1) is 6.92 Å². The summed E-state index contributed by atoms with van der Waals surface area (Å²) in [5.41, 5.74) is 2.49. The zero-order valence-corrected chi connectivity index (χ0v) is 16.7. The van der Waals surface area contributed by atoms with Gasteiger partial charge in [0.1, 0.15) is 0 Å². The Morgan fingerprint density at radius 1 is 0.929 bits per heavy atom. The number of hydrogen-bond donors (Lipinski definition) is 0. The van der Waals surface area contributed by atoms with Crippen LogP contribution >= 0.6 is 23.2 Å². The van der Waals surface area contributed by atoms with Crippen LogP contribution in [0.4, 0.5) is 5.69 Å². The molecule has 144 valence electrons. The van der Waals surface area contributed by atoms with Gasteiger partial charge in [-0.25, -0.2) is 0 Å². The molecule has 1 aliphatic heterocycles. The van der Waals surface area contributed by atoms with E-state index in [0.29, 0.717) is 34.5 Å². The summed E-state index contributed by atoms with van der Waals surface area (Å²) >= 11 is 12.1. The Hall–Kier alpha value is -2.64. The molecule has 9 heteroatoms. The molecule has 0 aliphatic carbocycles. The van der Waals surface area contributed by atoms with Crippen molar-refractivity contribution in [1.82, 2.24) is 25.1 Å². The van der Waals surface area contributed by atoms with Crippen molar-refractivity contribution in [3.8, 4) is 5.69 Å². The number of rotatable bonds is 3.